The summed E-state index contributed by atoms with van der Waals surface area (Å²) in [6.07, 6.45) is 2.29. The summed E-state index contributed by atoms with van der Waals surface area (Å²) in [5.74, 6) is -0.267. The zero-order valence-electron chi connectivity index (χ0n) is 10.7. The molecule has 2 fully saturated rings. The second-order valence-electron chi connectivity index (χ2n) is 5.38. The van der Waals surface area contributed by atoms with Crippen LogP contribution in [0.5, 0.6) is 0 Å². The van der Waals surface area contributed by atoms with Gasteiger partial charge in [-0.05, 0) is 24.4 Å². The summed E-state index contributed by atoms with van der Waals surface area (Å²) in [5.41, 5.74) is 0.0168. The van der Waals surface area contributed by atoms with Crippen LogP contribution in [0.4, 0.5) is 14.6 Å². The first kappa shape index (κ1) is 13.4. The van der Waals surface area contributed by atoms with Crippen LogP contribution >= 0.6 is 23.2 Å². The van der Waals surface area contributed by atoms with Crippen molar-refractivity contribution in [2.75, 3.05) is 11.4 Å². The van der Waals surface area contributed by atoms with Crippen LogP contribution in [0.1, 0.15) is 12.8 Å². The van der Waals surface area contributed by atoms with E-state index in [-0.39, 0.29) is 27.9 Å². The van der Waals surface area contributed by atoms with Gasteiger partial charge in [0.25, 0.3) is 0 Å². The average Bonchev–Trinajstić information content (AvgIpc) is 3.14. The number of halogens is 4. The maximum Gasteiger partial charge on any atom is 0.225 e. The third-order valence-electron chi connectivity index (χ3n) is 4.20. The van der Waals surface area contributed by atoms with Gasteiger partial charge in [-0.1, -0.05) is 11.6 Å². The maximum absolute atomic E-state index is 14.1. The second-order valence-corrected chi connectivity index (χ2v) is 6.07. The molecule has 1 saturated carbocycles. The fourth-order valence-electron chi connectivity index (χ4n) is 3.15. The molecule has 8 heteroatoms. The molecule has 1 aliphatic carbocycles. The molecule has 3 atom stereocenters. The molecule has 0 spiro atoms. The van der Waals surface area contributed by atoms with Crippen molar-refractivity contribution in [1.29, 1.82) is 0 Å². The standard InChI is InChI=1S/C13H10Cl2F2N4/c14-11-8(17)9-6(4-18-11)12(20-13(15)19-9)21-3-1-2-5-7(16)10(5)21/h4-5,7,10H,1-3H2/t5-,7+,10?/m0/s1. The molecule has 2 aromatic rings. The number of fused-ring (bicyclic) bond motifs is 2. The number of alkyl halides is 1. The van der Waals surface area contributed by atoms with Gasteiger partial charge in [-0.2, -0.15) is 4.98 Å². The molecule has 1 aliphatic heterocycles. The smallest absolute Gasteiger partial charge is 0.225 e. The molecule has 0 amide bonds. The van der Waals surface area contributed by atoms with E-state index in [9.17, 15) is 8.78 Å². The predicted molar refractivity (Wildman–Crippen MR) is 76.1 cm³/mol. The van der Waals surface area contributed by atoms with E-state index in [0.717, 1.165) is 12.8 Å². The summed E-state index contributed by atoms with van der Waals surface area (Å²) < 4.78 is 27.9. The number of nitrogens with zero attached hydrogens (tertiary/aromatic N) is 4. The molecule has 0 radical (unpaired) electrons. The molecule has 4 rings (SSSR count). The Morgan fingerprint density at radius 2 is 2.10 bits per heavy atom. The number of piperidine rings is 1. The Kier molecular flexibility index (Phi) is 2.94. The average molecular weight is 331 g/mol. The minimum Gasteiger partial charge on any atom is -0.350 e. The summed E-state index contributed by atoms with van der Waals surface area (Å²) >= 11 is 11.6. The quantitative estimate of drug-likeness (QED) is 0.593. The largest absolute Gasteiger partial charge is 0.350 e. The highest BCUT2D eigenvalue weighted by molar-refractivity contribution is 6.30. The highest BCUT2D eigenvalue weighted by Crippen LogP contribution is 2.48. The number of rotatable bonds is 1. The minimum atomic E-state index is -0.860. The Labute approximate surface area is 129 Å². The van der Waals surface area contributed by atoms with Gasteiger partial charge in [0.15, 0.2) is 11.0 Å². The van der Waals surface area contributed by atoms with Crippen LogP contribution in [-0.4, -0.2) is 33.7 Å². The zero-order valence-corrected chi connectivity index (χ0v) is 12.2. The van der Waals surface area contributed by atoms with Gasteiger partial charge in [-0.15, -0.1) is 0 Å². The lowest BCUT2D eigenvalue weighted by molar-refractivity contribution is 0.438. The number of pyridine rings is 1. The van der Waals surface area contributed by atoms with E-state index in [4.69, 9.17) is 23.2 Å². The molecule has 4 nitrogen and oxygen atoms in total. The minimum absolute atomic E-state index is 0.0168. The van der Waals surface area contributed by atoms with E-state index in [1.807, 2.05) is 4.90 Å². The van der Waals surface area contributed by atoms with Crippen molar-refractivity contribution in [3.05, 3.63) is 22.5 Å². The van der Waals surface area contributed by atoms with Crippen LogP contribution < -0.4 is 4.90 Å². The SMILES string of the molecule is Fc1c(Cl)ncc2c(N3CCC[C@@H]4C3[C@@H]4F)nc(Cl)nc12. The maximum atomic E-state index is 14.1. The van der Waals surface area contributed by atoms with E-state index in [1.165, 1.54) is 6.20 Å². The molecule has 2 aromatic heterocycles. The lowest BCUT2D eigenvalue weighted by Crippen LogP contribution is -2.33. The molecule has 1 saturated heterocycles. The number of aromatic nitrogens is 3. The van der Waals surface area contributed by atoms with E-state index < -0.39 is 12.0 Å². The fraction of sp³-hybridized carbons (Fsp3) is 0.462. The van der Waals surface area contributed by atoms with Crippen LogP contribution in [0.15, 0.2) is 6.20 Å². The molecule has 0 N–H and O–H groups in total. The van der Waals surface area contributed by atoms with Crippen molar-refractivity contribution >= 4 is 39.9 Å². The molecule has 1 unspecified atom stereocenters. The van der Waals surface area contributed by atoms with Crippen molar-refractivity contribution in [3.8, 4) is 0 Å². The van der Waals surface area contributed by atoms with Gasteiger partial charge in [0.2, 0.25) is 5.28 Å². The number of anilines is 1. The monoisotopic (exact) mass is 330 g/mol. The Morgan fingerprint density at radius 3 is 2.90 bits per heavy atom. The highest BCUT2D eigenvalue weighted by atomic mass is 35.5. The van der Waals surface area contributed by atoms with Gasteiger partial charge >= 0.3 is 0 Å². The topological polar surface area (TPSA) is 41.9 Å². The Balaban J connectivity index is 1.90. The number of hydrogen-bond donors (Lipinski definition) is 0. The molecule has 21 heavy (non-hydrogen) atoms. The van der Waals surface area contributed by atoms with Crippen molar-refractivity contribution in [3.63, 3.8) is 0 Å². The van der Waals surface area contributed by atoms with Crippen molar-refractivity contribution in [2.45, 2.75) is 25.1 Å². The second kappa shape index (κ2) is 4.61. The lowest BCUT2D eigenvalue weighted by atomic mass is 10.1. The molecule has 3 heterocycles. The van der Waals surface area contributed by atoms with Gasteiger partial charge in [0.1, 0.15) is 17.5 Å². The van der Waals surface area contributed by atoms with Gasteiger partial charge in [0.05, 0.1) is 11.4 Å². The summed E-state index contributed by atoms with van der Waals surface area (Å²) in [6, 6.07) is -0.202. The summed E-state index contributed by atoms with van der Waals surface area (Å²) in [6.45, 7) is 0.661. The van der Waals surface area contributed by atoms with Gasteiger partial charge in [-0.3, -0.25) is 0 Å². The first-order valence-electron chi connectivity index (χ1n) is 6.66. The first-order chi connectivity index (χ1) is 10.1. The molecule has 0 bridgehead atoms. The first-order valence-corrected chi connectivity index (χ1v) is 7.41. The number of hydrogen-bond acceptors (Lipinski definition) is 4. The summed E-state index contributed by atoms with van der Waals surface area (Å²) in [7, 11) is 0. The van der Waals surface area contributed by atoms with Crippen LogP contribution in [0.25, 0.3) is 10.9 Å². The lowest BCUT2D eigenvalue weighted by Gasteiger charge is -2.28. The van der Waals surface area contributed by atoms with Crippen molar-refractivity contribution < 1.29 is 8.78 Å². The predicted octanol–water partition coefficient (Wildman–Crippen LogP) is 3.41. The van der Waals surface area contributed by atoms with Crippen LogP contribution in [0.3, 0.4) is 0 Å². The Morgan fingerprint density at radius 1 is 1.29 bits per heavy atom. The summed E-state index contributed by atoms with van der Waals surface area (Å²) in [5, 5.41) is 0.0485. The van der Waals surface area contributed by atoms with Crippen LogP contribution in [-0.2, 0) is 0 Å². The summed E-state index contributed by atoms with van der Waals surface area (Å²) in [4.78, 5) is 13.7. The Hall–Kier alpha value is -1.27. The molecule has 2 aliphatic rings. The third-order valence-corrected chi connectivity index (χ3v) is 4.63. The van der Waals surface area contributed by atoms with Crippen molar-refractivity contribution in [1.82, 2.24) is 15.0 Å². The van der Waals surface area contributed by atoms with Gasteiger partial charge in [-0.25, -0.2) is 18.7 Å². The van der Waals surface area contributed by atoms with Gasteiger partial charge < -0.3 is 4.90 Å². The van der Waals surface area contributed by atoms with E-state index in [1.54, 1.807) is 0 Å². The molecule has 0 aromatic carbocycles. The van der Waals surface area contributed by atoms with E-state index >= 15 is 0 Å². The van der Waals surface area contributed by atoms with Gasteiger partial charge in [0, 0.05) is 18.7 Å². The van der Waals surface area contributed by atoms with E-state index in [0.29, 0.717) is 17.7 Å². The molecular weight excluding hydrogens is 321 g/mol. The molecule has 110 valence electrons. The Bertz CT molecular complexity index is 742. The van der Waals surface area contributed by atoms with Crippen LogP contribution in [0, 0.1) is 11.7 Å². The third kappa shape index (κ3) is 1.96. The van der Waals surface area contributed by atoms with Crippen LogP contribution in [0.2, 0.25) is 10.4 Å². The van der Waals surface area contributed by atoms with Crippen molar-refractivity contribution in [2.24, 2.45) is 5.92 Å². The molecular formula is C13H10Cl2F2N4. The fourth-order valence-corrected chi connectivity index (χ4v) is 3.46. The van der Waals surface area contributed by atoms with E-state index in [2.05, 4.69) is 15.0 Å². The zero-order chi connectivity index (χ0) is 14.7. The highest BCUT2D eigenvalue weighted by Gasteiger charge is 2.56. The normalized spacial score (nSPS) is 27.8.